The van der Waals surface area contributed by atoms with E-state index in [4.69, 9.17) is 4.74 Å². The molecule has 4 nitrogen and oxygen atoms in total. The molecular formula is C33H31NO3. The van der Waals surface area contributed by atoms with Crippen molar-refractivity contribution in [3.8, 4) is 11.5 Å². The first-order chi connectivity index (χ1) is 18.1. The lowest BCUT2D eigenvalue weighted by Gasteiger charge is -2.37. The summed E-state index contributed by atoms with van der Waals surface area (Å²) in [4.78, 5) is 13.9. The van der Waals surface area contributed by atoms with E-state index in [1.165, 1.54) is 10.9 Å². The first kappa shape index (κ1) is 23.4. The van der Waals surface area contributed by atoms with Crippen molar-refractivity contribution in [1.82, 2.24) is 0 Å². The molecule has 186 valence electrons. The van der Waals surface area contributed by atoms with E-state index < -0.39 is 0 Å². The number of Topliss-reactive ketones (excluding diaryl/α,β-unsaturated/α-hetero) is 1. The van der Waals surface area contributed by atoms with Crippen LogP contribution in [0.1, 0.15) is 61.3 Å². The number of hydrogen-bond acceptors (Lipinski definition) is 4. The van der Waals surface area contributed by atoms with Gasteiger partial charge in [-0.1, -0.05) is 67.9 Å². The number of phenolic OH excluding ortho intramolecular Hbond substituents is 1. The summed E-state index contributed by atoms with van der Waals surface area (Å²) in [5.74, 6) is 1.39. The molecular weight excluding hydrogens is 458 g/mol. The highest BCUT2D eigenvalue weighted by molar-refractivity contribution is 6.13. The van der Waals surface area contributed by atoms with Crippen LogP contribution in [0.3, 0.4) is 0 Å². The van der Waals surface area contributed by atoms with Gasteiger partial charge in [0.1, 0.15) is 11.5 Å². The molecule has 0 aromatic heterocycles. The number of phenols is 1. The Morgan fingerprint density at radius 2 is 1.65 bits per heavy atom. The maximum Gasteiger partial charge on any atom is 0.162 e. The van der Waals surface area contributed by atoms with Crippen LogP contribution in [0.2, 0.25) is 0 Å². The van der Waals surface area contributed by atoms with E-state index in [1.807, 2.05) is 24.3 Å². The van der Waals surface area contributed by atoms with Crippen molar-refractivity contribution in [2.24, 2.45) is 0 Å². The molecule has 0 saturated carbocycles. The number of unbranched alkanes of at least 4 members (excludes halogenated alkanes) is 1. The number of carbonyl (C=O) groups is 1. The van der Waals surface area contributed by atoms with Gasteiger partial charge in [0.25, 0.3) is 0 Å². The van der Waals surface area contributed by atoms with Gasteiger partial charge in [0.05, 0.1) is 12.6 Å². The van der Waals surface area contributed by atoms with Gasteiger partial charge in [-0.15, -0.1) is 0 Å². The van der Waals surface area contributed by atoms with Crippen LogP contribution >= 0.6 is 0 Å². The van der Waals surface area contributed by atoms with E-state index in [0.29, 0.717) is 6.42 Å². The fourth-order valence-electron chi connectivity index (χ4n) is 5.77. The standard InChI is InChI=1S/C33H31NO3/c1-2-3-18-37-26-15-10-21(11-16-26)24-19-28-31-27-7-5-4-6-22(27)12-17-29(31)34-33(32(28)30(36)20-24)23-8-13-25(35)14-9-23/h4-17,24,33-35H,2-3,18-20H2,1H3. The Labute approximate surface area is 217 Å². The van der Waals surface area contributed by atoms with Crippen LogP contribution in [0.4, 0.5) is 5.69 Å². The van der Waals surface area contributed by atoms with Crippen molar-refractivity contribution < 1.29 is 14.6 Å². The predicted molar refractivity (Wildman–Crippen MR) is 149 cm³/mol. The molecule has 1 aliphatic heterocycles. The van der Waals surface area contributed by atoms with Crippen LogP contribution in [0.15, 0.2) is 90.5 Å². The van der Waals surface area contributed by atoms with Crippen LogP contribution in [-0.4, -0.2) is 17.5 Å². The van der Waals surface area contributed by atoms with Crippen molar-refractivity contribution in [1.29, 1.82) is 0 Å². The normalized spacial score (nSPS) is 18.8. The molecule has 0 saturated heterocycles. The molecule has 0 fully saturated rings. The third-order valence-corrected chi connectivity index (χ3v) is 7.67. The Bertz CT molecular complexity index is 1480. The highest BCUT2D eigenvalue weighted by Gasteiger charge is 2.38. The monoisotopic (exact) mass is 489 g/mol. The van der Waals surface area contributed by atoms with Crippen molar-refractivity contribution in [2.45, 2.75) is 44.6 Å². The predicted octanol–water partition coefficient (Wildman–Crippen LogP) is 7.79. The molecule has 1 aliphatic carbocycles. The topological polar surface area (TPSA) is 58.6 Å². The molecule has 0 spiro atoms. The summed E-state index contributed by atoms with van der Waals surface area (Å²) in [5, 5.41) is 15.8. The summed E-state index contributed by atoms with van der Waals surface area (Å²) < 4.78 is 5.86. The molecule has 0 bridgehead atoms. The molecule has 6 rings (SSSR count). The van der Waals surface area contributed by atoms with Crippen LogP contribution in [-0.2, 0) is 4.79 Å². The zero-order valence-electron chi connectivity index (χ0n) is 21.0. The highest BCUT2D eigenvalue weighted by Crippen LogP contribution is 2.51. The van der Waals surface area contributed by atoms with E-state index in [-0.39, 0.29) is 23.5 Å². The largest absolute Gasteiger partial charge is 0.508 e. The molecule has 4 aromatic rings. The second-order valence-corrected chi connectivity index (χ2v) is 10.1. The Hall–Kier alpha value is -4.05. The molecule has 2 atom stereocenters. The second kappa shape index (κ2) is 9.78. The van der Waals surface area contributed by atoms with Crippen molar-refractivity contribution >= 4 is 27.8 Å². The third kappa shape index (κ3) is 4.37. The van der Waals surface area contributed by atoms with E-state index in [9.17, 15) is 9.90 Å². The van der Waals surface area contributed by atoms with Crippen molar-refractivity contribution in [3.63, 3.8) is 0 Å². The second-order valence-electron chi connectivity index (χ2n) is 10.1. The van der Waals surface area contributed by atoms with Gasteiger partial charge in [-0.2, -0.15) is 0 Å². The molecule has 0 radical (unpaired) electrons. The van der Waals surface area contributed by atoms with Gasteiger partial charge in [0.15, 0.2) is 5.78 Å². The van der Waals surface area contributed by atoms with Crippen molar-refractivity contribution in [2.75, 3.05) is 11.9 Å². The van der Waals surface area contributed by atoms with E-state index in [0.717, 1.165) is 65.0 Å². The first-order valence-corrected chi connectivity index (χ1v) is 13.2. The number of aromatic hydroxyl groups is 1. The average molecular weight is 490 g/mol. The van der Waals surface area contributed by atoms with Gasteiger partial charge >= 0.3 is 0 Å². The minimum atomic E-state index is -0.243. The maximum atomic E-state index is 13.9. The molecule has 37 heavy (non-hydrogen) atoms. The van der Waals surface area contributed by atoms with Gasteiger partial charge in [-0.05, 0) is 76.6 Å². The molecule has 1 heterocycles. The summed E-state index contributed by atoms with van der Waals surface area (Å²) in [5.41, 5.74) is 6.32. The van der Waals surface area contributed by atoms with E-state index in [2.05, 4.69) is 60.8 Å². The van der Waals surface area contributed by atoms with Gasteiger partial charge in [-0.25, -0.2) is 0 Å². The van der Waals surface area contributed by atoms with Gasteiger partial charge in [0, 0.05) is 23.2 Å². The fraction of sp³-hybridized carbons (Fsp3) is 0.242. The van der Waals surface area contributed by atoms with Gasteiger partial charge in [0.2, 0.25) is 0 Å². The van der Waals surface area contributed by atoms with Crippen molar-refractivity contribution in [3.05, 3.63) is 107 Å². The Balaban J connectivity index is 1.43. The molecule has 4 aromatic carbocycles. The molecule has 2 N–H and O–H groups in total. The number of anilines is 1. The van der Waals surface area contributed by atoms with Gasteiger partial charge in [-0.3, -0.25) is 4.79 Å². The summed E-state index contributed by atoms with van der Waals surface area (Å²) in [7, 11) is 0. The highest BCUT2D eigenvalue weighted by atomic mass is 16.5. The first-order valence-electron chi connectivity index (χ1n) is 13.2. The summed E-state index contributed by atoms with van der Waals surface area (Å²) in [6.45, 7) is 2.88. The van der Waals surface area contributed by atoms with Gasteiger partial charge < -0.3 is 15.2 Å². The van der Waals surface area contributed by atoms with E-state index >= 15 is 0 Å². The Morgan fingerprint density at radius 1 is 0.892 bits per heavy atom. The van der Waals surface area contributed by atoms with E-state index in [1.54, 1.807) is 12.1 Å². The number of ketones is 1. The number of ether oxygens (including phenoxy) is 1. The lowest BCUT2D eigenvalue weighted by atomic mass is 9.71. The number of benzene rings is 4. The Kier molecular flexibility index (Phi) is 6.17. The molecule has 2 unspecified atom stereocenters. The number of nitrogens with one attached hydrogen (secondary N) is 1. The maximum absolute atomic E-state index is 13.9. The SMILES string of the molecule is CCCCOc1ccc(C2CC(=O)C3=C(C2)c2c(ccc4ccccc24)NC3c2ccc(O)cc2)cc1. The lowest BCUT2D eigenvalue weighted by Crippen LogP contribution is -2.29. The number of hydrogen-bond donors (Lipinski definition) is 2. The quantitative estimate of drug-likeness (QED) is 0.271. The lowest BCUT2D eigenvalue weighted by molar-refractivity contribution is -0.116. The zero-order chi connectivity index (χ0) is 25.4. The van der Waals surface area contributed by atoms with Crippen LogP contribution in [0.5, 0.6) is 11.5 Å². The number of fused-ring (bicyclic) bond motifs is 4. The Morgan fingerprint density at radius 3 is 2.43 bits per heavy atom. The molecule has 2 aliphatic rings. The van der Waals surface area contributed by atoms with Crippen LogP contribution in [0.25, 0.3) is 16.3 Å². The summed E-state index contributed by atoms with van der Waals surface area (Å²) >= 11 is 0. The smallest absolute Gasteiger partial charge is 0.162 e. The average Bonchev–Trinajstić information content (AvgIpc) is 2.93. The number of allylic oxidation sites excluding steroid dienone is 1. The number of carbonyl (C=O) groups excluding carboxylic acids is 1. The summed E-state index contributed by atoms with van der Waals surface area (Å²) in [6, 6.07) is 27.9. The number of rotatable bonds is 6. The minimum Gasteiger partial charge on any atom is -0.508 e. The molecule has 4 heteroatoms. The summed E-state index contributed by atoms with van der Waals surface area (Å²) in [6.07, 6.45) is 3.43. The van der Waals surface area contributed by atoms with Crippen LogP contribution in [0, 0.1) is 0 Å². The molecule has 0 amide bonds. The minimum absolute atomic E-state index is 0.112. The van der Waals surface area contributed by atoms with Crippen LogP contribution < -0.4 is 10.1 Å². The third-order valence-electron chi connectivity index (χ3n) is 7.67. The fourth-order valence-corrected chi connectivity index (χ4v) is 5.77. The zero-order valence-corrected chi connectivity index (χ0v) is 21.0.